The fourth-order valence-corrected chi connectivity index (χ4v) is 6.08. The molecule has 4 atom stereocenters. The van der Waals surface area contributed by atoms with Gasteiger partial charge >= 0.3 is 0 Å². The van der Waals surface area contributed by atoms with Crippen LogP contribution in [0.4, 0.5) is 0 Å². The Kier molecular flexibility index (Phi) is 5.72. The summed E-state index contributed by atoms with van der Waals surface area (Å²) in [6.45, 7) is 1.53. The average Bonchev–Trinajstić information content (AvgIpc) is 3.20. The van der Waals surface area contributed by atoms with E-state index < -0.39 is 5.60 Å². The summed E-state index contributed by atoms with van der Waals surface area (Å²) < 4.78 is 0. The lowest BCUT2D eigenvalue weighted by atomic mass is 9.66. The number of piperidine rings is 1. The van der Waals surface area contributed by atoms with Crippen LogP contribution in [0.1, 0.15) is 49.7 Å². The van der Waals surface area contributed by atoms with Crippen molar-refractivity contribution >= 4 is 11.8 Å². The van der Waals surface area contributed by atoms with Crippen molar-refractivity contribution in [3.63, 3.8) is 0 Å². The fraction of sp³-hybridized carbons (Fsp3) is 0.500. The van der Waals surface area contributed by atoms with E-state index in [0.29, 0.717) is 26.1 Å². The molecule has 1 aromatic carbocycles. The molecule has 5 rings (SSSR count). The van der Waals surface area contributed by atoms with E-state index >= 15 is 0 Å². The Morgan fingerprint density at radius 3 is 2.62 bits per heavy atom. The Labute approximate surface area is 189 Å². The zero-order valence-corrected chi connectivity index (χ0v) is 18.4. The van der Waals surface area contributed by atoms with Crippen LogP contribution >= 0.6 is 0 Å². The highest BCUT2D eigenvalue weighted by Gasteiger charge is 2.51. The van der Waals surface area contributed by atoms with Crippen molar-refractivity contribution in [2.24, 2.45) is 11.8 Å². The van der Waals surface area contributed by atoms with Gasteiger partial charge in [0.25, 0.3) is 0 Å². The van der Waals surface area contributed by atoms with Crippen LogP contribution in [-0.4, -0.2) is 50.8 Å². The number of aliphatic hydroxyl groups is 1. The summed E-state index contributed by atoms with van der Waals surface area (Å²) in [7, 11) is 0. The highest BCUT2D eigenvalue weighted by Crippen LogP contribution is 2.47. The second-order valence-corrected chi connectivity index (χ2v) is 9.56. The fourth-order valence-electron chi connectivity index (χ4n) is 6.08. The summed E-state index contributed by atoms with van der Waals surface area (Å²) in [5.74, 6) is -0.128. The van der Waals surface area contributed by atoms with Crippen LogP contribution in [0.2, 0.25) is 0 Å². The van der Waals surface area contributed by atoms with Gasteiger partial charge in [-0.05, 0) is 42.5 Å². The lowest BCUT2D eigenvalue weighted by Crippen LogP contribution is -2.60. The number of fused-ring (bicyclic) bond motifs is 1. The molecule has 0 radical (unpaired) electrons. The van der Waals surface area contributed by atoms with Gasteiger partial charge in [-0.15, -0.1) is 0 Å². The van der Waals surface area contributed by atoms with E-state index in [2.05, 4.69) is 4.98 Å². The normalized spacial score (nSPS) is 30.3. The van der Waals surface area contributed by atoms with Gasteiger partial charge in [0.15, 0.2) is 0 Å². The third-order valence-corrected chi connectivity index (χ3v) is 7.72. The Morgan fingerprint density at radius 1 is 1.09 bits per heavy atom. The SMILES string of the molecule is O=C1CC(C(=O)N2CC[C@](O)(c3ccccc3)[C@H]3CCCC[C@H]32)CN1Cc1ccncc1. The van der Waals surface area contributed by atoms with Gasteiger partial charge in [0, 0.05) is 50.4 Å². The summed E-state index contributed by atoms with van der Waals surface area (Å²) >= 11 is 0. The molecule has 3 fully saturated rings. The maximum Gasteiger partial charge on any atom is 0.228 e. The molecule has 0 spiro atoms. The predicted molar refractivity (Wildman–Crippen MR) is 120 cm³/mol. The van der Waals surface area contributed by atoms with Crippen LogP contribution < -0.4 is 0 Å². The Morgan fingerprint density at radius 2 is 1.84 bits per heavy atom. The van der Waals surface area contributed by atoms with Crippen LogP contribution in [0.3, 0.4) is 0 Å². The van der Waals surface area contributed by atoms with E-state index in [0.717, 1.165) is 36.8 Å². The van der Waals surface area contributed by atoms with Crippen LogP contribution in [0.15, 0.2) is 54.9 Å². The first-order valence-corrected chi connectivity index (χ1v) is 11.8. The van der Waals surface area contributed by atoms with Crippen LogP contribution in [-0.2, 0) is 21.7 Å². The number of amides is 2. The molecule has 1 saturated carbocycles. The van der Waals surface area contributed by atoms with Gasteiger partial charge in [-0.1, -0.05) is 43.2 Å². The molecule has 6 nitrogen and oxygen atoms in total. The first kappa shape index (κ1) is 21.1. The molecule has 1 aromatic heterocycles. The van der Waals surface area contributed by atoms with E-state index in [1.807, 2.05) is 47.4 Å². The van der Waals surface area contributed by atoms with Crippen molar-refractivity contribution in [1.82, 2.24) is 14.8 Å². The number of pyridine rings is 1. The molecule has 1 aliphatic carbocycles. The number of likely N-dealkylation sites (tertiary alicyclic amines) is 2. The summed E-state index contributed by atoms with van der Waals surface area (Å²) in [6.07, 6.45) is 8.29. The van der Waals surface area contributed by atoms with Crippen molar-refractivity contribution in [1.29, 1.82) is 0 Å². The minimum Gasteiger partial charge on any atom is -0.385 e. The average molecular weight is 434 g/mol. The molecule has 3 aliphatic rings. The molecule has 6 heteroatoms. The molecule has 32 heavy (non-hydrogen) atoms. The molecule has 0 bridgehead atoms. The lowest BCUT2D eigenvalue weighted by Gasteiger charge is -2.53. The second-order valence-electron chi connectivity index (χ2n) is 9.56. The summed E-state index contributed by atoms with van der Waals surface area (Å²) in [4.78, 5) is 34.1. The van der Waals surface area contributed by atoms with Crippen molar-refractivity contribution in [2.45, 2.75) is 56.7 Å². The van der Waals surface area contributed by atoms with Gasteiger partial charge in [0.05, 0.1) is 11.5 Å². The predicted octanol–water partition coefficient (Wildman–Crippen LogP) is 3.11. The maximum atomic E-state index is 13.6. The number of hydrogen-bond acceptors (Lipinski definition) is 4. The standard InChI is InChI=1S/C26H31N3O3/c30-24-16-20(18-28(24)17-19-10-13-27-14-11-19)25(31)29-15-12-26(32,21-6-2-1-3-7-21)22-8-4-5-9-23(22)29/h1-3,6-7,10-11,13-14,20,22-23,32H,4-5,8-9,12,15-18H2/t20?,22-,23+,26-/m0/s1. The van der Waals surface area contributed by atoms with E-state index in [9.17, 15) is 14.7 Å². The second kappa shape index (κ2) is 8.66. The summed E-state index contributed by atoms with van der Waals surface area (Å²) in [6, 6.07) is 13.8. The molecular weight excluding hydrogens is 402 g/mol. The minimum absolute atomic E-state index is 0.0400. The molecule has 2 aliphatic heterocycles. The van der Waals surface area contributed by atoms with E-state index in [1.165, 1.54) is 0 Å². The topological polar surface area (TPSA) is 73.7 Å². The summed E-state index contributed by atoms with van der Waals surface area (Å²) in [5.41, 5.74) is 1.10. The summed E-state index contributed by atoms with van der Waals surface area (Å²) in [5, 5.41) is 11.7. The number of carbonyl (C=O) groups is 2. The van der Waals surface area contributed by atoms with Crippen molar-refractivity contribution < 1.29 is 14.7 Å². The first-order valence-electron chi connectivity index (χ1n) is 11.8. The van der Waals surface area contributed by atoms with Crippen LogP contribution in [0.5, 0.6) is 0 Å². The highest BCUT2D eigenvalue weighted by molar-refractivity contribution is 5.89. The Bertz CT molecular complexity index is 967. The minimum atomic E-state index is -0.887. The molecule has 2 aromatic rings. The zero-order chi connectivity index (χ0) is 22.1. The molecule has 2 amide bonds. The maximum absolute atomic E-state index is 13.6. The highest BCUT2D eigenvalue weighted by atomic mass is 16.3. The third kappa shape index (κ3) is 3.81. The molecule has 2 saturated heterocycles. The first-order chi connectivity index (χ1) is 15.6. The van der Waals surface area contributed by atoms with Gasteiger partial charge < -0.3 is 14.9 Å². The number of benzene rings is 1. The van der Waals surface area contributed by atoms with Gasteiger partial charge in [0.1, 0.15) is 0 Å². The molecule has 3 heterocycles. The molecule has 1 unspecified atom stereocenters. The van der Waals surface area contributed by atoms with E-state index in [1.54, 1.807) is 17.3 Å². The van der Waals surface area contributed by atoms with E-state index in [4.69, 9.17) is 0 Å². The van der Waals surface area contributed by atoms with Gasteiger partial charge in [-0.2, -0.15) is 0 Å². The van der Waals surface area contributed by atoms with E-state index in [-0.39, 0.29) is 36.1 Å². The van der Waals surface area contributed by atoms with Gasteiger partial charge in [-0.25, -0.2) is 0 Å². The van der Waals surface area contributed by atoms with Gasteiger partial charge in [0.2, 0.25) is 11.8 Å². The quantitative estimate of drug-likeness (QED) is 0.804. The lowest BCUT2D eigenvalue weighted by molar-refractivity contribution is -0.158. The number of aromatic nitrogens is 1. The largest absolute Gasteiger partial charge is 0.385 e. The number of carbonyl (C=O) groups excluding carboxylic acids is 2. The van der Waals surface area contributed by atoms with Crippen LogP contribution in [0, 0.1) is 11.8 Å². The molecule has 168 valence electrons. The number of rotatable bonds is 4. The number of hydrogen-bond donors (Lipinski definition) is 1. The molecular formula is C26H31N3O3. The third-order valence-electron chi connectivity index (χ3n) is 7.72. The Hall–Kier alpha value is -2.73. The molecule has 1 N–H and O–H groups in total. The number of nitrogens with zero attached hydrogens (tertiary/aromatic N) is 3. The van der Waals surface area contributed by atoms with Crippen molar-refractivity contribution in [3.05, 3.63) is 66.0 Å². The van der Waals surface area contributed by atoms with Crippen molar-refractivity contribution in [2.75, 3.05) is 13.1 Å². The zero-order valence-electron chi connectivity index (χ0n) is 18.4. The van der Waals surface area contributed by atoms with Crippen molar-refractivity contribution in [3.8, 4) is 0 Å². The smallest absolute Gasteiger partial charge is 0.228 e. The van der Waals surface area contributed by atoms with Crippen LogP contribution in [0.25, 0.3) is 0 Å². The Balaban J connectivity index is 1.32. The van der Waals surface area contributed by atoms with Gasteiger partial charge in [-0.3, -0.25) is 14.6 Å². The monoisotopic (exact) mass is 433 g/mol.